The van der Waals surface area contributed by atoms with Crippen LogP contribution in [0.5, 0.6) is 0 Å². The number of hydrogen-bond donors (Lipinski definition) is 2. The van der Waals surface area contributed by atoms with E-state index in [1.54, 1.807) is 0 Å². The van der Waals surface area contributed by atoms with Crippen LogP contribution >= 0.6 is 0 Å². The molecule has 0 aliphatic carbocycles. The van der Waals surface area contributed by atoms with Crippen LogP contribution in [0.2, 0.25) is 0 Å². The summed E-state index contributed by atoms with van der Waals surface area (Å²) in [5.41, 5.74) is 0. The van der Waals surface area contributed by atoms with Gasteiger partial charge in [0.2, 0.25) is 0 Å². The highest BCUT2D eigenvalue weighted by molar-refractivity contribution is 6.55. The first kappa shape index (κ1) is 9.66. The summed E-state index contributed by atoms with van der Waals surface area (Å²) in [4.78, 5) is 0. The van der Waals surface area contributed by atoms with Gasteiger partial charge < -0.3 is 10.2 Å². The van der Waals surface area contributed by atoms with Crippen LogP contribution in [-0.4, -0.2) is 41.7 Å². The number of rotatable bonds is 4. The smallest absolute Gasteiger partial charge is 0.0845 e. The van der Waals surface area contributed by atoms with Crippen LogP contribution in [0.4, 0.5) is 0 Å². The van der Waals surface area contributed by atoms with E-state index in [1.165, 1.54) is 10.4 Å². The zero-order valence-corrected chi connectivity index (χ0v) is 9.86. The molecule has 0 atom stereocenters. The molecule has 1 aromatic rings. The summed E-state index contributed by atoms with van der Waals surface area (Å²) in [5.74, 6) is 0. The Labute approximate surface area is 76.9 Å². The van der Waals surface area contributed by atoms with Crippen molar-refractivity contribution in [3.63, 3.8) is 0 Å². The maximum Gasteiger partial charge on any atom is 0.0845 e. The molecule has 0 saturated carbocycles. The lowest BCUT2D eigenvalue weighted by atomic mass is 10.4. The summed E-state index contributed by atoms with van der Waals surface area (Å²) in [7, 11) is -0.845. The second-order valence-corrected chi connectivity index (χ2v) is 6.29. The van der Waals surface area contributed by atoms with Crippen LogP contribution in [0.1, 0.15) is 0 Å². The SMILES string of the molecule is OC[SiH2]c1ccc([SiH2]CO)cc1. The molecule has 0 saturated heterocycles. The van der Waals surface area contributed by atoms with Crippen LogP contribution < -0.4 is 10.4 Å². The van der Waals surface area contributed by atoms with Gasteiger partial charge in [0.05, 0.1) is 19.0 Å². The molecular formula is C8H14O2Si2. The van der Waals surface area contributed by atoms with E-state index < -0.39 is 19.0 Å². The van der Waals surface area contributed by atoms with Crippen molar-refractivity contribution in [1.82, 2.24) is 0 Å². The molecule has 0 heterocycles. The molecule has 0 bridgehead atoms. The van der Waals surface area contributed by atoms with Gasteiger partial charge in [-0.1, -0.05) is 34.6 Å². The van der Waals surface area contributed by atoms with Crippen molar-refractivity contribution in [2.45, 2.75) is 0 Å². The predicted octanol–water partition coefficient (Wildman–Crippen LogP) is -2.83. The first-order valence-electron chi connectivity index (χ1n) is 4.16. The van der Waals surface area contributed by atoms with E-state index in [0.29, 0.717) is 12.5 Å². The maximum atomic E-state index is 8.72. The van der Waals surface area contributed by atoms with E-state index in [1.807, 2.05) is 0 Å². The summed E-state index contributed by atoms with van der Waals surface area (Å²) in [5, 5.41) is 20.0. The molecular weight excluding hydrogens is 184 g/mol. The molecule has 66 valence electrons. The lowest BCUT2D eigenvalue weighted by Crippen LogP contribution is -2.23. The minimum Gasteiger partial charge on any atom is -0.400 e. The van der Waals surface area contributed by atoms with Crippen molar-refractivity contribution >= 4 is 29.4 Å². The molecule has 2 nitrogen and oxygen atoms in total. The topological polar surface area (TPSA) is 40.5 Å². The number of aliphatic hydroxyl groups is 2. The zero-order valence-electron chi connectivity index (χ0n) is 7.03. The Morgan fingerprint density at radius 1 is 0.833 bits per heavy atom. The third kappa shape index (κ3) is 2.90. The molecule has 12 heavy (non-hydrogen) atoms. The summed E-state index contributed by atoms with van der Waals surface area (Å²) in [6.45, 7) is 0. The molecule has 0 unspecified atom stereocenters. The zero-order chi connectivity index (χ0) is 8.81. The van der Waals surface area contributed by atoms with Crippen LogP contribution in [0, 0.1) is 0 Å². The van der Waals surface area contributed by atoms with E-state index in [-0.39, 0.29) is 0 Å². The van der Waals surface area contributed by atoms with Crippen molar-refractivity contribution in [2.75, 3.05) is 12.5 Å². The van der Waals surface area contributed by atoms with Crippen LogP contribution in [0.25, 0.3) is 0 Å². The van der Waals surface area contributed by atoms with E-state index in [0.717, 1.165) is 0 Å². The molecule has 0 aliphatic heterocycles. The van der Waals surface area contributed by atoms with Crippen molar-refractivity contribution in [3.05, 3.63) is 24.3 Å². The highest BCUT2D eigenvalue weighted by Gasteiger charge is 1.94. The molecule has 0 aromatic heterocycles. The fourth-order valence-corrected chi connectivity index (χ4v) is 2.79. The van der Waals surface area contributed by atoms with Crippen molar-refractivity contribution < 1.29 is 10.2 Å². The van der Waals surface area contributed by atoms with Gasteiger partial charge in [-0.05, 0) is 0 Å². The third-order valence-corrected chi connectivity index (χ3v) is 4.37. The van der Waals surface area contributed by atoms with Gasteiger partial charge in [-0.25, -0.2) is 0 Å². The summed E-state index contributed by atoms with van der Waals surface area (Å²) < 4.78 is 0. The van der Waals surface area contributed by atoms with Gasteiger partial charge in [-0.2, -0.15) is 0 Å². The first-order chi connectivity index (χ1) is 5.86. The Morgan fingerprint density at radius 3 is 1.42 bits per heavy atom. The number of hydrogen-bond acceptors (Lipinski definition) is 2. The van der Waals surface area contributed by atoms with Gasteiger partial charge in [0.15, 0.2) is 0 Å². The van der Waals surface area contributed by atoms with Crippen LogP contribution in [0.3, 0.4) is 0 Å². The lowest BCUT2D eigenvalue weighted by molar-refractivity contribution is 0.367. The van der Waals surface area contributed by atoms with E-state index >= 15 is 0 Å². The number of aliphatic hydroxyl groups excluding tert-OH is 2. The highest BCUT2D eigenvalue weighted by atomic mass is 28.2. The van der Waals surface area contributed by atoms with Gasteiger partial charge in [0.1, 0.15) is 0 Å². The average molecular weight is 198 g/mol. The quantitative estimate of drug-likeness (QED) is 0.512. The Morgan fingerprint density at radius 2 is 1.17 bits per heavy atom. The maximum absolute atomic E-state index is 8.72. The second kappa shape index (κ2) is 5.26. The van der Waals surface area contributed by atoms with Crippen molar-refractivity contribution in [3.8, 4) is 0 Å². The van der Waals surface area contributed by atoms with E-state index in [4.69, 9.17) is 10.2 Å². The summed E-state index contributed by atoms with van der Waals surface area (Å²) in [6, 6.07) is 8.34. The van der Waals surface area contributed by atoms with Crippen LogP contribution in [-0.2, 0) is 0 Å². The van der Waals surface area contributed by atoms with Crippen molar-refractivity contribution in [1.29, 1.82) is 0 Å². The first-order valence-corrected chi connectivity index (χ1v) is 7.58. The Kier molecular flexibility index (Phi) is 4.23. The molecule has 4 heteroatoms. The fourth-order valence-electron chi connectivity index (χ4n) is 1.13. The van der Waals surface area contributed by atoms with Gasteiger partial charge >= 0.3 is 0 Å². The molecule has 1 aromatic carbocycles. The average Bonchev–Trinajstić information content (AvgIpc) is 2.09. The predicted molar refractivity (Wildman–Crippen MR) is 57.0 cm³/mol. The largest absolute Gasteiger partial charge is 0.400 e. The lowest BCUT2D eigenvalue weighted by Gasteiger charge is -1.99. The van der Waals surface area contributed by atoms with Crippen LogP contribution in [0.15, 0.2) is 24.3 Å². The van der Waals surface area contributed by atoms with Gasteiger partial charge in [-0.15, -0.1) is 0 Å². The summed E-state index contributed by atoms with van der Waals surface area (Å²) in [6.07, 6.45) is 0.688. The standard InChI is InChI=1S/C8H14O2Si2/c9-5-11-7-1-2-8(4-3-7)12-6-10/h1-4,9-10H,5-6,11-12H2. The fraction of sp³-hybridized carbons (Fsp3) is 0.250. The molecule has 0 radical (unpaired) electrons. The Bertz CT molecular complexity index is 198. The minimum atomic E-state index is -0.422. The Hall–Kier alpha value is -0.426. The normalized spacial score (nSPS) is 12.2. The van der Waals surface area contributed by atoms with Gasteiger partial charge in [0.25, 0.3) is 0 Å². The summed E-state index contributed by atoms with van der Waals surface area (Å²) >= 11 is 0. The minimum absolute atomic E-state index is 0.344. The Balaban J connectivity index is 2.58. The third-order valence-electron chi connectivity index (χ3n) is 1.82. The molecule has 0 fully saturated rings. The molecule has 2 N–H and O–H groups in total. The monoisotopic (exact) mass is 198 g/mol. The van der Waals surface area contributed by atoms with E-state index in [9.17, 15) is 0 Å². The molecule has 0 amide bonds. The second-order valence-electron chi connectivity index (χ2n) is 2.76. The van der Waals surface area contributed by atoms with E-state index in [2.05, 4.69) is 24.3 Å². The molecule has 0 spiro atoms. The van der Waals surface area contributed by atoms with Crippen molar-refractivity contribution in [2.24, 2.45) is 0 Å². The van der Waals surface area contributed by atoms with Gasteiger partial charge in [0, 0.05) is 12.5 Å². The highest BCUT2D eigenvalue weighted by Crippen LogP contribution is 1.79. The molecule has 1 rings (SSSR count). The van der Waals surface area contributed by atoms with Gasteiger partial charge in [-0.3, -0.25) is 0 Å². The number of benzene rings is 1. The molecule has 0 aliphatic rings.